The number of hydrogen-bond acceptors (Lipinski definition) is 2. The Bertz CT molecular complexity index is 755. The Morgan fingerprint density at radius 3 is 2.55 bits per heavy atom. The van der Waals surface area contributed by atoms with Gasteiger partial charge in [-0.15, -0.1) is 0 Å². The summed E-state index contributed by atoms with van der Waals surface area (Å²) < 4.78 is 2.33. The number of nitrogens with one attached hydrogen (secondary N) is 1. The number of benzene rings is 2. The molecule has 0 bridgehead atoms. The number of nitrogens with zero attached hydrogens (tertiary/aromatic N) is 2. The fraction of sp³-hybridized carbons (Fsp3) is 0.263. The second-order valence-electron chi connectivity index (χ2n) is 5.91. The maximum absolute atomic E-state index is 3.41. The van der Waals surface area contributed by atoms with Crippen molar-refractivity contribution in [2.75, 3.05) is 31.1 Å². The highest BCUT2D eigenvalue weighted by Gasteiger charge is 2.11. The third-order valence-electron chi connectivity index (χ3n) is 4.43. The van der Waals surface area contributed by atoms with Crippen LogP contribution in [0.25, 0.3) is 10.9 Å². The van der Waals surface area contributed by atoms with Gasteiger partial charge in [0.2, 0.25) is 0 Å². The Morgan fingerprint density at radius 2 is 1.73 bits per heavy atom. The maximum atomic E-state index is 3.41. The van der Waals surface area contributed by atoms with Gasteiger partial charge in [0.15, 0.2) is 0 Å². The van der Waals surface area contributed by atoms with Gasteiger partial charge in [-0.2, -0.15) is 0 Å². The number of piperazine rings is 1. The van der Waals surface area contributed by atoms with Gasteiger partial charge in [-0.1, -0.05) is 30.3 Å². The standard InChI is InChI=1S/C19H21N3/c1-2-4-16(5-3-1)15-22-11-8-17-14-18(6-7-19(17)22)21-12-9-20-10-13-21/h1-8,11,14,20H,9-10,12-13,15H2. The highest BCUT2D eigenvalue weighted by molar-refractivity contribution is 5.84. The molecule has 1 aliphatic heterocycles. The van der Waals surface area contributed by atoms with Crippen LogP contribution in [0.3, 0.4) is 0 Å². The summed E-state index contributed by atoms with van der Waals surface area (Å²) in [6.07, 6.45) is 2.19. The van der Waals surface area contributed by atoms with Gasteiger partial charge in [0, 0.05) is 55.5 Å². The van der Waals surface area contributed by atoms with Crippen molar-refractivity contribution in [3.63, 3.8) is 0 Å². The Kier molecular flexibility index (Phi) is 3.57. The lowest BCUT2D eigenvalue weighted by Gasteiger charge is -2.29. The smallest absolute Gasteiger partial charge is 0.0484 e. The van der Waals surface area contributed by atoms with E-state index in [9.17, 15) is 0 Å². The van der Waals surface area contributed by atoms with Gasteiger partial charge in [0.05, 0.1) is 0 Å². The molecule has 0 aliphatic carbocycles. The minimum Gasteiger partial charge on any atom is -0.369 e. The molecule has 3 heteroatoms. The van der Waals surface area contributed by atoms with Crippen LogP contribution in [0.15, 0.2) is 60.8 Å². The monoisotopic (exact) mass is 291 g/mol. The molecule has 0 atom stereocenters. The number of rotatable bonds is 3. The fourth-order valence-electron chi connectivity index (χ4n) is 3.23. The third kappa shape index (κ3) is 2.60. The van der Waals surface area contributed by atoms with Crippen molar-refractivity contribution >= 4 is 16.6 Å². The predicted octanol–water partition coefficient (Wildman–Crippen LogP) is 3.10. The molecule has 0 amide bonds. The zero-order valence-electron chi connectivity index (χ0n) is 12.7. The van der Waals surface area contributed by atoms with Crippen LogP contribution in [0.1, 0.15) is 5.56 Å². The summed E-state index contributed by atoms with van der Waals surface area (Å²) in [6.45, 7) is 5.27. The number of hydrogen-bond donors (Lipinski definition) is 1. The van der Waals surface area contributed by atoms with E-state index in [0.717, 1.165) is 32.7 Å². The molecule has 112 valence electrons. The minimum atomic E-state index is 0.928. The molecule has 1 N–H and O–H groups in total. The van der Waals surface area contributed by atoms with E-state index in [1.165, 1.54) is 22.2 Å². The van der Waals surface area contributed by atoms with Crippen molar-refractivity contribution in [3.8, 4) is 0 Å². The highest BCUT2D eigenvalue weighted by Crippen LogP contribution is 2.24. The van der Waals surface area contributed by atoms with Crippen molar-refractivity contribution in [3.05, 3.63) is 66.4 Å². The van der Waals surface area contributed by atoms with Gasteiger partial charge in [0.1, 0.15) is 0 Å². The van der Waals surface area contributed by atoms with E-state index in [0.29, 0.717) is 0 Å². The van der Waals surface area contributed by atoms with Crippen molar-refractivity contribution in [2.24, 2.45) is 0 Å². The quantitative estimate of drug-likeness (QED) is 0.800. The fourth-order valence-corrected chi connectivity index (χ4v) is 3.23. The first-order valence-electron chi connectivity index (χ1n) is 7.99. The van der Waals surface area contributed by atoms with Gasteiger partial charge in [0.25, 0.3) is 0 Å². The maximum Gasteiger partial charge on any atom is 0.0484 e. The van der Waals surface area contributed by atoms with Crippen LogP contribution in [-0.2, 0) is 6.54 Å². The molecule has 2 aromatic carbocycles. The second kappa shape index (κ2) is 5.85. The summed E-state index contributed by atoms with van der Waals surface area (Å²) in [4.78, 5) is 2.46. The molecule has 1 saturated heterocycles. The number of anilines is 1. The van der Waals surface area contributed by atoms with Gasteiger partial charge in [-0.25, -0.2) is 0 Å². The molecular formula is C19H21N3. The van der Waals surface area contributed by atoms with Crippen molar-refractivity contribution < 1.29 is 0 Å². The minimum absolute atomic E-state index is 0.928. The van der Waals surface area contributed by atoms with Crippen molar-refractivity contribution in [2.45, 2.75) is 6.54 Å². The average molecular weight is 291 g/mol. The van der Waals surface area contributed by atoms with Crippen LogP contribution in [0.4, 0.5) is 5.69 Å². The summed E-state index contributed by atoms with van der Waals surface area (Å²) in [7, 11) is 0. The van der Waals surface area contributed by atoms with Gasteiger partial charge in [-0.3, -0.25) is 0 Å². The first-order chi connectivity index (χ1) is 10.9. The molecule has 1 fully saturated rings. The third-order valence-corrected chi connectivity index (χ3v) is 4.43. The van der Waals surface area contributed by atoms with E-state index >= 15 is 0 Å². The van der Waals surface area contributed by atoms with E-state index in [-0.39, 0.29) is 0 Å². The Balaban J connectivity index is 1.62. The predicted molar refractivity (Wildman–Crippen MR) is 92.6 cm³/mol. The number of fused-ring (bicyclic) bond motifs is 1. The summed E-state index contributed by atoms with van der Waals surface area (Å²) >= 11 is 0. The van der Waals surface area contributed by atoms with Crippen LogP contribution in [-0.4, -0.2) is 30.7 Å². The van der Waals surface area contributed by atoms with Gasteiger partial charge >= 0.3 is 0 Å². The molecular weight excluding hydrogens is 270 g/mol. The summed E-state index contributed by atoms with van der Waals surface area (Å²) in [6, 6.07) is 19.7. The van der Waals surface area contributed by atoms with Crippen molar-refractivity contribution in [1.82, 2.24) is 9.88 Å². The van der Waals surface area contributed by atoms with Gasteiger partial charge in [-0.05, 0) is 29.8 Å². The van der Waals surface area contributed by atoms with E-state index in [1.807, 2.05) is 0 Å². The van der Waals surface area contributed by atoms with Crippen molar-refractivity contribution in [1.29, 1.82) is 0 Å². The van der Waals surface area contributed by atoms with Crippen LogP contribution < -0.4 is 10.2 Å². The molecule has 22 heavy (non-hydrogen) atoms. The Labute approximate surface area is 131 Å². The van der Waals surface area contributed by atoms with E-state index < -0.39 is 0 Å². The molecule has 3 nitrogen and oxygen atoms in total. The van der Waals surface area contributed by atoms with Crippen LogP contribution in [0.5, 0.6) is 0 Å². The van der Waals surface area contributed by atoms with E-state index in [4.69, 9.17) is 0 Å². The van der Waals surface area contributed by atoms with Crippen LogP contribution in [0.2, 0.25) is 0 Å². The molecule has 1 aliphatic rings. The average Bonchev–Trinajstić information content (AvgIpc) is 2.99. The molecule has 4 rings (SSSR count). The molecule has 1 aromatic heterocycles. The lowest BCUT2D eigenvalue weighted by Crippen LogP contribution is -2.43. The van der Waals surface area contributed by atoms with Gasteiger partial charge < -0.3 is 14.8 Å². The largest absolute Gasteiger partial charge is 0.369 e. The van der Waals surface area contributed by atoms with E-state index in [1.54, 1.807) is 0 Å². The molecule has 0 unspecified atom stereocenters. The summed E-state index contributed by atoms with van der Waals surface area (Å²) in [5.74, 6) is 0. The molecule has 0 radical (unpaired) electrons. The zero-order valence-corrected chi connectivity index (χ0v) is 12.7. The van der Waals surface area contributed by atoms with Crippen LogP contribution in [0, 0.1) is 0 Å². The number of aromatic nitrogens is 1. The molecule has 2 heterocycles. The highest BCUT2D eigenvalue weighted by atomic mass is 15.2. The Morgan fingerprint density at radius 1 is 0.909 bits per heavy atom. The first kappa shape index (κ1) is 13.4. The zero-order chi connectivity index (χ0) is 14.8. The lowest BCUT2D eigenvalue weighted by atomic mass is 10.2. The molecule has 0 spiro atoms. The van der Waals surface area contributed by atoms with Crippen LogP contribution >= 0.6 is 0 Å². The molecule has 3 aromatic rings. The Hall–Kier alpha value is -2.26. The first-order valence-corrected chi connectivity index (χ1v) is 7.99. The summed E-state index contributed by atoms with van der Waals surface area (Å²) in [5.41, 5.74) is 3.99. The summed E-state index contributed by atoms with van der Waals surface area (Å²) in [5, 5.41) is 4.73. The second-order valence-corrected chi connectivity index (χ2v) is 5.91. The topological polar surface area (TPSA) is 20.2 Å². The lowest BCUT2D eigenvalue weighted by molar-refractivity contribution is 0.589. The van der Waals surface area contributed by atoms with E-state index in [2.05, 4.69) is 75.6 Å². The molecule has 0 saturated carbocycles. The normalized spacial score (nSPS) is 15.4. The SMILES string of the molecule is c1ccc(Cn2ccc3cc(N4CCNCC4)ccc32)cc1.